The fourth-order valence-electron chi connectivity index (χ4n) is 3.17. The number of rotatable bonds is 9. The molecule has 0 aliphatic heterocycles. The highest BCUT2D eigenvalue weighted by Gasteiger charge is 2.29. The van der Waals surface area contributed by atoms with Crippen molar-refractivity contribution in [2.75, 3.05) is 7.11 Å². The summed E-state index contributed by atoms with van der Waals surface area (Å²) in [5.74, 6) is -0.184. The number of ether oxygens (including phenoxy) is 2. The molecule has 0 fully saturated rings. The molecule has 33 heavy (non-hydrogen) atoms. The summed E-state index contributed by atoms with van der Waals surface area (Å²) in [7, 11) is -2.65. The lowest BCUT2D eigenvalue weighted by molar-refractivity contribution is -0.143. The minimum atomic E-state index is -3.88. The number of hydrogen-bond acceptors (Lipinski definition) is 5. The van der Waals surface area contributed by atoms with Crippen LogP contribution in [0.15, 0.2) is 77.7 Å². The van der Waals surface area contributed by atoms with Crippen LogP contribution in [0.4, 0.5) is 0 Å². The van der Waals surface area contributed by atoms with E-state index in [9.17, 15) is 13.2 Å². The molecule has 8 heteroatoms. The van der Waals surface area contributed by atoms with Gasteiger partial charge >= 0.3 is 5.97 Å². The van der Waals surface area contributed by atoms with E-state index < -0.39 is 22.0 Å². The molecule has 0 saturated carbocycles. The van der Waals surface area contributed by atoms with Crippen molar-refractivity contribution >= 4 is 27.6 Å². The summed E-state index contributed by atoms with van der Waals surface area (Å²) in [5, 5.41) is 0.657. The highest BCUT2D eigenvalue weighted by molar-refractivity contribution is 7.89. The molecule has 1 atom stereocenters. The highest BCUT2D eigenvalue weighted by Crippen LogP contribution is 2.25. The third-order valence-electron chi connectivity index (χ3n) is 5.11. The molecular weight excluding hydrogens is 462 g/mol. The number of methoxy groups -OCH3 is 1. The quantitative estimate of drug-likeness (QED) is 0.426. The molecule has 0 spiro atoms. The van der Waals surface area contributed by atoms with Crippen LogP contribution in [-0.2, 0) is 26.2 Å². The van der Waals surface area contributed by atoms with Crippen LogP contribution in [0.1, 0.15) is 19.4 Å². The van der Waals surface area contributed by atoms with E-state index in [0.717, 1.165) is 16.7 Å². The molecule has 0 bridgehead atoms. The summed E-state index contributed by atoms with van der Waals surface area (Å²) < 4.78 is 38.4. The third kappa shape index (κ3) is 6.35. The minimum Gasteiger partial charge on any atom is -0.489 e. The van der Waals surface area contributed by atoms with Crippen LogP contribution < -0.4 is 9.46 Å². The SMILES string of the molecule is COC(=O)[C@H](NS(=O)(=O)c1ccc(-c2ccc(OCc3ccccc3Cl)cc2)cc1)C(C)C. The van der Waals surface area contributed by atoms with Gasteiger partial charge in [-0.3, -0.25) is 4.79 Å². The van der Waals surface area contributed by atoms with Crippen molar-refractivity contribution in [3.63, 3.8) is 0 Å². The zero-order valence-electron chi connectivity index (χ0n) is 18.6. The molecule has 0 radical (unpaired) electrons. The molecule has 174 valence electrons. The van der Waals surface area contributed by atoms with E-state index >= 15 is 0 Å². The lowest BCUT2D eigenvalue weighted by Gasteiger charge is -2.19. The fourth-order valence-corrected chi connectivity index (χ4v) is 4.69. The van der Waals surface area contributed by atoms with Crippen LogP contribution in [0.3, 0.4) is 0 Å². The average Bonchev–Trinajstić information content (AvgIpc) is 2.82. The van der Waals surface area contributed by atoms with Gasteiger partial charge in [-0.05, 0) is 47.4 Å². The normalized spacial score (nSPS) is 12.4. The lowest BCUT2D eigenvalue weighted by Crippen LogP contribution is -2.44. The first-order valence-electron chi connectivity index (χ1n) is 10.4. The maximum Gasteiger partial charge on any atom is 0.324 e. The molecule has 3 rings (SSSR count). The standard InChI is InChI=1S/C25H26ClNO5S/c1-17(2)24(25(28)31-3)27-33(29,30)22-14-10-19(11-15-22)18-8-12-21(13-9-18)32-16-20-6-4-5-7-23(20)26/h4-15,17,24,27H,16H2,1-3H3/t24-/m1/s1. The van der Waals surface area contributed by atoms with Gasteiger partial charge in [-0.15, -0.1) is 0 Å². The molecule has 1 N–H and O–H groups in total. The molecular formula is C25H26ClNO5S. The number of nitrogens with one attached hydrogen (secondary N) is 1. The lowest BCUT2D eigenvalue weighted by atomic mass is 10.1. The van der Waals surface area contributed by atoms with Crippen LogP contribution in [0.2, 0.25) is 5.02 Å². The molecule has 3 aromatic rings. The summed E-state index contributed by atoms with van der Waals surface area (Å²) in [4.78, 5) is 12.0. The number of sulfonamides is 1. The van der Waals surface area contributed by atoms with Crippen LogP contribution in [0.5, 0.6) is 5.75 Å². The summed E-state index contributed by atoms with van der Waals surface area (Å²) in [6.45, 7) is 3.85. The third-order valence-corrected chi connectivity index (χ3v) is 6.93. The van der Waals surface area contributed by atoms with Crippen molar-refractivity contribution in [3.05, 3.63) is 83.4 Å². The number of esters is 1. The van der Waals surface area contributed by atoms with Gasteiger partial charge in [0.15, 0.2) is 0 Å². The van der Waals surface area contributed by atoms with Gasteiger partial charge < -0.3 is 9.47 Å². The van der Waals surface area contributed by atoms with Crippen LogP contribution in [0, 0.1) is 5.92 Å². The zero-order valence-corrected chi connectivity index (χ0v) is 20.2. The maximum absolute atomic E-state index is 12.7. The minimum absolute atomic E-state index is 0.0699. The Labute approximate surface area is 199 Å². The number of hydrogen-bond donors (Lipinski definition) is 1. The maximum atomic E-state index is 12.7. The van der Waals surface area contributed by atoms with Crippen molar-refractivity contribution in [1.82, 2.24) is 4.72 Å². The van der Waals surface area contributed by atoms with Crippen LogP contribution >= 0.6 is 11.6 Å². The number of carbonyl (C=O) groups excluding carboxylic acids is 1. The predicted octanol–water partition coefficient (Wildman–Crippen LogP) is 5.06. The highest BCUT2D eigenvalue weighted by atomic mass is 35.5. The molecule has 0 unspecified atom stereocenters. The van der Waals surface area contributed by atoms with Crippen LogP contribution in [-0.4, -0.2) is 27.5 Å². The van der Waals surface area contributed by atoms with E-state index in [2.05, 4.69) is 4.72 Å². The Morgan fingerprint density at radius 2 is 1.52 bits per heavy atom. The monoisotopic (exact) mass is 487 g/mol. The molecule has 0 aliphatic carbocycles. The van der Waals surface area contributed by atoms with E-state index in [-0.39, 0.29) is 10.8 Å². The van der Waals surface area contributed by atoms with Crippen molar-refractivity contribution in [3.8, 4) is 16.9 Å². The Morgan fingerprint density at radius 3 is 2.06 bits per heavy atom. The number of benzene rings is 3. The van der Waals surface area contributed by atoms with E-state index in [1.165, 1.54) is 19.2 Å². The first-order chi connectivity index (χ1) is 15.7. The molecule has 0 aliphatic rings. The molecule has 0 saturated heterocycles. The summed E-state index contributed by atoms with van der Waals surface area (Å²) >= 11 is 6.16. The molecule has 0 aromatic heterocycles. The topological polar surface area (TPSA) is 81.7 Å². The summed E-state index contributed by atoms with van der Waals surface area (Å²) in [5.41, 5.74) is 2.66. The Kier molecular flexibility index (Phi) is 8.13. The van der Waals surface area contributed by atoms with E-state index in [1.807, 2.05) is 48.5 Å². The summed E-state index contributed by atoms with van der Waals surface area (Å²) in [6, 6.07) is 20.5. The fraction of sp³-hybridized carbons (Fsp3) is 0.240. The number of halogens is 1. The zero-order chi connectivity index (χ0) is 24.0. The second-order valence-electron chi connectivity index (χ2n) is 7.79. The molecule has 0 amide bonds. The largest absolute Gasteiger partial charge is 0.489 e. The Morgan fingerprint density at radius 1 is 0.939 bits per heavy atom. The van der Waals surface area contributed by atoms with Gasteiger partial charge in [0.25, 0.3) is 0 Å². The summed E-state index contributed by atoms with van der Waals surface area (Å²) in [6.07, 6.45) is 0. The predicted molar refractivity (Wildman–Crippen MR) is 129 cm³/mol. The van der Waals surface area contributed by atoms with E-state index in [4.69, 9.17) is 21.1 Å². The second-order valence-corrected chi connectivity index (χ2v) is 9.92. The Balaban J connectivity index is 1.69. The van der Waals surface area contributed by atoms with Crippen molar-refractivity contribution in [2.24, 2.45) is 5.92 Å². The van der Waals surface area contributed by atoms with Crippen molar-refractivity contribution in [2.45, 2.75) is 31.4 Å². The van der Waals surface area contributed by atoms with Gasteiger partial charge in [-0.2, -0.15) is 4.72 Å². The van der Waals surface area contributed by atoms with E-state index in [1.54, 1.807) is 26.0 Å². The van der Waals surface area contributed by atoms with Gasteiger partial charge in [0.2, 0.25) is 10.0 Å². The Hall–Kier alpha value is -2.87. The van der Waals surface area contributed by atoms with Crippen molar-refractivity contribution < 1.29 is 22.7 Å². The van der Waals surface area contributed by atoms with E-state index in [0.29, 0.717) is 17.4 Å². The van der Waals surface area contributed by atoms with Gasteiger partial charge in [-0.1, -0.05) is 67.9 Å². The first-order valence-corrected chi connectivity index (χ1v) is 12.2. The molecule has 0 heterocycles. The molecule has 3 aromatic carbocycles. The number of carbonyl (C=O) groups is 1. The first kappa shape index (κ1) is 24.8. The van der Waals surface area contributed by atoms with Gasteiger partial charge in [-0.25, -0.2) is 8.42 Å². The molecule has 6 nitrogen and oxygen atoms in total. The second kappa shape index (κ2) is 10.8. The van der Waals surface area contributed by atoms with Gasteiger partial charge in [0, 0.05) is 10.6 Å². The van der Waals surface area contributed by atoms with Gasteiger partial charge in [0.05, 0.1) is 12.0 Å². The Bertz CT molecular complexity index is 1190. The average molecular weight is 488 g/mol. The van der Waals surface area contributed by atoms with Gasteiger partial charge in [0.1, 0.15) is 18.4 Å². The smallest absolute Gasteiger partial charge is 0.324 e. The van der Waals surface area contributed by atoms with Crippen molar-refractivity contribution in [1.29, 1.82) is 0 Å². The van der Waals surface area contributed by atoms with Crippen LogP contribution in [0.25, 0.3) is 11.1 Å².